The van der Waals surface area contributed by atoms with Crippen LogP contribution in [0.4, 0.5) is 17.8 Å². The van der Waals surface area contributed by atoms with E-state index in [1.54, 1.807) is 6.08 Å². The van der Waals surface area contributed by atoms with Crippen molar-refractivity contribution in [3.8, 4) is 0 Å². The molecular formula is C16H31N7O2. The van der Waals surface area contributed by atoms with Crippen molar-refractivity contribution in [1.29, 1.82) is 0 Å². The van der Waals surface area contributed by atoms with Crippen LogP contribution in [0.1, 0.15) is 19.8 Å². The molecule has 1 aromatic heterocycles. The van der Waals surface area contributed by atoms with E-state index in [4.69, 9.17) is 15.2 Å². The Balaban J connectivity index is 2.41. The lowest BCUT2D eigenvalue weighted by atomic mass is 10.3. The summed E-state index contributed by atoms with van der Waals surface area (Å²) in [6, 6.07) is 0. The molecule has 9 heteroatoms. The number of ether oxygens (including phenoxy) is 2. The van der Waals surface area contributed by atoms with Gasteiger partial charge in [-0.05, 0) is 6.42 Å². The number of anilines is 3. The summed E-state index contributed by atoms with van der Waals surface area (Å²) in [7, 11) is 0. The SMILES string of the molecule is C=CCNc1nc(NCCCC)nc(NCCOCCOCCN)n1. The van der Waals surface area contributed by atoms with Crippen molar-refractivity contribution in [2.45, 2.75) is 19.8 Å². The van der Waals surface area contributed by atoms with E-state index in [1.165, 1.54) is 0 Å². The lowest BCUT2D eigenvalue weighted by molar-refractivity contribution is 0.0547. The largest absolute Gasteiger partial charge is 0.378 e. The zero-order chi connectivity index (χ0) is 18.2. The van der Waals surface area contributed by atoms with Gasteiger partial charge < -0.3 is 31.2 Å². The molecule has 0 atom stereocenters. The third-order valence-corrected chi connectivity index (χ3v) is 3.02. The predicted molar refractivity (Wildman–Crippen MR) is 101 cm³/mol. The first-order valence-corrected chi connectivity index (χ1v) is 8.74. The number of hydrogen-bond donors (Lipinski definition) is 4. The average molecular weight is 353 g/mol. The summed E-state index contributed by atoms with van der Waals surface area (Å²) < 4.78 is 10.7. The molecule has 0 unspecified atom stereocenters. The van der Waals surface area contributed by atoms with Crippen molar-refractivity contribution in [2.75, 3.05) is 68.6 Å². The molecule has 1 aromatic rings. The fourth-order valence-corrected chi connectivity index (χ4v) is 1.79. The second-order valence-electron chi connectivity index (χ2n) is 5.20. The molecule has 0 saturated heterocycles. The van der Waals surface area contributed by atoms with Crippen LogP contribution < -0.4 is 21.7 Å². The highest BCUT2D eigenvalue weighted by molar-refractivity contribution is 5.42. The Morgan fingerprint density at radius 2 is 1.52 bits per heavy atom. The van der Waals surface area contributed by atoms with E-state index in [9.17, 15) is 0 Å². The molecule has 0 aromatic carbocycles. The smallest absolute Gasteiger partial charge is 0.229 e. The van der Waals surface area contributed by atoms with Crippen LogP contribution in [0.15, 0.2) is 12.7 Å². The van der Waals surface area contributed by atoms with E-state index in [0.717, 1.165) is 19.4 Å². The summed E-state index contributed by atoms with van der Waals surface area (Å²) in [4.78, 5) is 13.0. The Morgan fingerprint density at radius 1 is 0.920 bits per heavy atom. The molecule has 1 rings (SSSR count). The molecule has 5 N–H and O–H groups in total. The quantitative estimate of drug-likeness (QED) is 0.256. The van der Waals surface area contributed by atoms with Crippen LogP contribution in [0, 0.1) is 0 Å². The highest BCUT2D eigenvalue weighted by Crippen LogP contribution is 2.09. The maximum Gasteiger partial charge on any atom is 0.229 e. The molecule has 9 nitrogen and oxygen atoms in total. The third-order valence-electron chi connectivity index (χ3n) is 3.02. The predicted octanol–water partition coefficient (Wildman–Crippen LogP) is 1.09. The molecule has 0 aliphatic carbocycles. The number of aromatic nitrogens is 3. The summed E-state index contributed by atoms with van der Waals surface area (Å²) in [6.07, 6.45) is 3.92. The van der Waals surface area contributed by atoms with E-state index in [1.807, 2.05) is 0 Å². The second kappa shape index (κ2) is 14.4. The molecule has 0 saturated carbocycles. The van der Waals surface area contributed by atoms with Gasteiger partial charge in [-0.3, -0.25) is 0 Å². The number of nitrogens with two attached hydrogens (primary N) is 1. The molecule has 0 amide bonds. The third kappa shape index (κ3) is 10.5. The topological polar surface area (TPSA) is 119 Å². The molecule has 0 aliphatic rings. The van der Waals surface area contributed by atoms with Crippen molar-refractivity contribution in [2.24, 2.45) is 5.73 Å². The van der Waals surface area contributed by atoms with E-state index in [0.29, 0.717) is 63.9 Å². The second-order valence-corrected chi connectivity index (χ2v) is 5.20. The molecule has 1 heterocycles. The molecule has 25 heavy (non-hydrogen) atoms. The summed E-state index contributed by atoms with van der Waals surface area (Å²) >= 11 is 0. The Morgan fingerprint density at radius 3 is 2.12 bits per heavy atom. The minimum atomic E-state index is 0.503. The molecule has 0 fully saturated rings. The number of nitrogens with zero attached hydrogens (tertiary/aromatic N) is 3. The maximum atomic E-state index is 5.46. The van der Waals surface area contributed by atoms with Gasteiger partial charge in [0.15, 0.2) is 0 Å². The number of hydrogen-bond acceptors (Lipinski definition) is 9. The van der Waals surface area contributed by atoms with Crippen molar-refractivity contribution in [1.82, 2.24) is 15.0 Å². The van der Waals surface area contributed by atoms with E-state index in [2.05, 4.69) is 44.4 Å². The van der Waals surface area contributed by atoms with E-state index < -0.39 is 0 Å². The van der Waals surface area contributed by atoms with Gasteiger partial charge in [0.2, 0.25) is 17.8 Å². The van der Waals surface area contributed by atoms with Gasteiger partial charge in [-0.2, -0.15) is 15.0 Å². The van der Waals surface area contributed by atoms with Crippen LogP contribution in [-0.2, 0) is 9.47 Å². The van der Waals surface area contributed by atoms with Crippen LogP contribution in [-0.4, -0.2) is 67.6 Å². The first-order valence-electron chi connectivity index (χ1n) is 8.74. The van der Waals surface area contributed by atoms with Crippen LogP contribution in [0.2, 0.25) is 0 Å². The summed E-state index contributed by atoms with van der Waals surface area (Å²) in [5.74, 6) is 1.56. The number of unbranched alkanes of at least 4 members (excludes halogenated alkanes) is 1. The van der Waals surface area contributed by atoms with Crippen LogP contribution >= 0.6 is 0 Å². The summed E-state index contributed by atoms with van der Waals surface area (Å²) in [5, 5.41) is 9.43. The van der Waals surface area contributed by atoms with E-state index in [-0.39, 0.29) is 0 Å². The number of rotatable bonds is 16. The van der Waals surface area contributed by atoms with Gasteiger partial charge >= 0.3 is 0 Å². The normalized spacial score (nSPS) is 10.5. The van der Waals surface area contributed by atoms with Crippen molar-refractivity contribution in [3.63, 3.8) is 0 Å². The van der Waals surface area contributed by atoms with Gasteiger partial charge in [0.05, 0.1) is 26.4 Å². The molecule has 142 valence electrons. The monoisotopic (exact) mass is 353 g/mol. The fraction of sp³-hybridized carbons (Fsp3) is 0.688. The van der Waals surface area contributed by atoms with Crippen LogP contribution in [0.25, 0.3) is 0 Å². The highest BCUT2D eigenvalue weighted by atomic mass is 16.5. The van der Waals surface area contributed by atoms with Gasteiger partial charge in [0.25, 0.3) is 0 Å². The van der Waals surface area contributed by atoms with Gasteiger partial charge in [-0.25, -0.2) is 0 Å². The minimum absolute atomic E-state index is 0.503. The van der Waals surface area contributed by atoms with Crippen molar-refractivity contribution in [3.05, 3.63) is 12.7 Å². The summed E-state index contributed by atoms with van der Waals surface area (Å²) in [6.45, 7) is 10.5. The lowest BCUT2D eigenvalue weighted by Crippen LogP contribution is -2.17. The van der Waals surface area contributed by atoms with Gasteiger partial charge in [0.1, 0.15) is 0 Å². The zero-order valence-corrected chi connectivity index (χ0v) is 15.1. The molecule has 0 spiro atoms. The molecule has 0 aliphatic heterocycles. The van der Waals surface area contributed by atoms with Crippen LogP contribution in [0.5, 0.6) is 0 Å². The first-order chi connectivity index (χ1) is 12.3. The fourth-order valence-electron chi connectivity index (χ4n) is 1.79. The average Bonchev–Trinajstić information content (AvgIpc) is 2.62. The molecular weight excluding hydrogens is 322 g/mol. The minimum Gasteiger partial charge on any atom is -0.378 e. The Labute approximate surface area is 149 Å². The highest BCUT2D eigenvalue weighted by Gasteiger charge is 2.05. The molecule has 0 radical (unpaired) electrons. The van der Waals surface area contributed by atoms with E-state index >= 15 is 0 Å². The Bertz CT molecular complexity index is 474. The Hall–Kier alpha value is -1.97. The first kappa shape index (κ1) is 21.1. The van der Waals surface area contributed by atoms with Gasteiger partial charge in [0, 0.05) is 26.2 Å². The summed E-state index contributed by atoms with van der Waals surface area (Å²) in [5.41, 5.74) is 5.34. The molecule has 0 bridgehead atoms. The Kier molecular flexibility index (Phi) is 12.1. The van der Waals surface area contributed by atoms with Crippen LogP contribution in [0.3, 0.4) is 0 Å². The van der Waals surface area contributed by atoms with Crippen molar-refractivity contribution >= 4 is 17.8 Å². The lowest BCUT2D eigenvalue weighted by Gasteiger charge is -2.11. The van der Waals surface area contributed by atoms with Gasteiger partial charge in [-0.1, -0.05) is 19.4 Å². The number of nitrogens with one attached hydrogen (secondary N) is 3. The van der Waals surface area contributed by atoms with Gasteiger partial charge in [-0.15, -0.1) is 6.58 Å². The van der Waals surface area contributed by atoms with Crippen molar-refractivity contribution < 1.29 is 9.47 Å². The zero-order valence-electron chi connectivity index (χ0n) is 15.1. The standard InChI is InChI=1S/C16H31N7O2/c1-3-5-8-19-15-21-14(18-7-4-2)22-16(23-15)20-9-11-25-13-12-24-10-6-17/h4H,2-3,5-13,17H2,1H3,(H3,18,19,20,21,22,23). The maximum absolute atomic E-state index is 5.46.